The molecule has 0 fully saturated rings. The average molecular weight is 513 g/mol. The van der Waals surface area contributed by atoms with E-state index in [9.17, 15) is 0 Å². The predicted molar refractivity (Wildman–Crippen MR) is 169 cm³/mol. The van der Waals surface area contributed by atoms with Crippen molar-refractivity contribution in [1.82, 2.24) is 8.80 Å². The number of benzene rings is 6. The van der Waals surface area contributed by atoms with E-state index in [0.717, 1.165) is 0 Å². The molecule has 0 spiro atoms. The summed E-state index contributed by atoms with van der Waals surface area (Å²) in [6.07, 6.45) is 0. The fraction of sp³-hybridized carbons (Fsp3) is 0. The van der Waals surface area contributed by atoms with Crippen LogP contribution in [0.1, 0.15) is 0 Å². The maximum atomic E-state index is 2.53. The second kappa shape index (κ2) is 6.96. The number of aromatic nitrogens is 2. The second-order valence-corrected chi connectivity index (χ2v) is 11.6. The molecule has 3 heteroatoms. The minimum absolute atomic E-state index is 1.22. The van der Waals surface area contributed by atoms with Gasteiger partial charge >= 0.3 is 0 Å². The Morgan fingerprint density at radius 1 is 0.333 bits per heavy atom. The van der Waals surface area contributed by atoms with Gasteiger partial charge in [-0.1, -0.05) is 91.0 Å². The van der Waals surface area contributed by atoms with Gasteiger partial charge in [-0.3, -0.25) is 0 Å². The summed E-state index contributed by atoms with van der Waals surface area (Å²) >= 11 is 1.89. The number of hydrogen-bond donors (Lipinski definition) is 0. The Kier molecular flexibility index (Phi) is 3.59. The van der Waals surface area contributed by atoms with Crippen LogP contribution in [0.3, 0.4) is 0 Å². The van der Waals surface area contributed by atoms with Crippen molar-refractivity contribution in [2.24, 2.45) is 0 Å². The molecule has 0 amide bonds. The van der Waals surface area contributed by atoms with Crippen LogP contribution < -0.4 is 0 Å². The van der Waals surface area contributed by atoms with Crippen LogP contribution in [0, 0.1) is 0 Å². The quantitative estimate of drug-likeness (QED) is 0.191. The monoisotopic (exact) mass is 512 g/mol. The molecular weight excluding hydrogens is 492 g/mol. The normalized spacial score (nSPS) is 12.6. The molecule has 0 saturated carbocycles. The summed E-state index contributed by atoms with van der Waals surface area (Å²) in [6.45, 7) is 0. The standard InChI is InChI=1S/C36H20N2S/c1-4-16-29-21(9-1)24-12-7-14-26-27-15-8-13-25-22-10-2-5-17-30(22)38(36(25)27)32-20-34-28(19-31(32)37(29)35(24)26)23-11-3-6-18-33(23)39-34/h1-20H. The molecule has 0 radical (unpaired) electrons. The van der Waals surface area contributed by atoms with E-state index in [-0.39, 0.29) is 0 Å². The fourth-order valence-electron chi connectivity index (χ4n) is 7.08. The van der Waals surface area contributed by atoms with E-state index < -0.39 is 0 Å². The lowest BCUT2D eigenvalue weighted by atomic mass is 10.0. The topological polar surface area (TPSA) is 8.82 Å². The molecule has 0 bridgehead atoms. The van der Waals surface area contributed by atoms with E-state index in [2.05, 4.69) is 130 Å². The van der Waals surface area contributed by atoms with Gasteiger partial charge in [0.1, 0.15) is 0 Å². The number of para-hydroxylation sites is 4. The minimum Gasteiger partial charge on any atom is -0.306 e. The molecule has 0 aliphatic heterocycles. The fourth-order valence-corrected chi connectivity index (χ4v) is 8.20. The first kappa shape index (κ1) is 20.1. The zero-order valence-corrected chi connectivity index (χ0v) is 21.7. The molecule has 0 unspecified atom stereocenters. The first-order valence-corrected chi connectivity index (χ1v) is 14.2. The second-order valence-electron chi connectivity index (χ2n) is 10.5. The van der Waals surface area contributed by atoms with Crippen LogP contribution in [-0.2, 0) is 0 Å². The van der Waals surface area contributed by atoms with E-state index in [1.54, 1.807) is 0 Å². The van der Waals surface area contributed by atoms with Gasteiger partial charge in [-0.25, -0.2) is 0 Å². The molecular formula is C36H20N2S. The van der Waals surface area contributed by atoms with Crippen LogP contribution in [0.5, 0.6) is 0 Å². The molecule has 39 heavy (non-hydrogen) atoms. The van der Waals surface area contributed by atoms with E-state index >= 15 is 0 Å². The van der Waals surface area contributed by atoms with Crippen molar-refractivity contribution in [2.45, 2.75) is 0 Å². The van der Waals surface area contributed by atoms with Crippen molar-refractivity contribution in [3.05, 3.63) is 121 Å². The van der Waals surface area contributed by atoms with Crippen LogP contribution in [-0.4, -0.2) is 8.80 Å². The maximum absolute atomic E-state index is 2.53. The highest BCUT2D eigenvalue weighted by molar-refractivity contribution is 7.25. The highest BCUT2D eigenvalue weighted by Crippen LogP contribution is 2.43. The van der Waals surface area contributed by atoms with Gasteiger partial charge in [-0.2, -0.15) is 0 Å². The van der Waals surface area contributed by atoms with Gasteiger partial charge in [-0.05, 0) is 30.3 Å². The van der Waals surface area contributed by atoms with Crippen LogP contribution in [0.2, 0.25) is 0 Å². The lowest BCUT2D eigenvalue weighted by Crippen LogP contribution is -1.94. The van der Waals surface area contributed by atoms with E-state index in [1.807, 2.05) is 11.3 Å². The third kappa shape index (κ3) is 2.38. The van der Waals surface area contributed by atoms with Crippen molar-refractivity contribution in [3.63, 3.8) is 0 Å². The molecule has 10 rings (SSSR count). The van der Waals surface area contributed by atoms with Gasteiger partial charge in [-0.15, -0.1) is 11.3 Å². The van der Waals surface area contributed by atoms with Gasteiger partial charge in [0, 0.05) is 52.5 Å². The summed E-state index contributed by atoms with van der Waals surface area (Å²) < 4.78 is 7.70. The number of thiophene rings is 1. The summed E-state index contributed by atoms with van der Waals surface area (Å²) in [7, 11) is 0. The van der Waals surface area contributed by atoms with Crippen LogP contribution in [0.25, 0.3) is 85.6 Å². The smallest absolute Gasteiger partial charge is 0.0717 e. The van der Waals surface area contributed by atoms with E-state index in [4.69, 9.17) is 0 Å². The van der Waals surface area contributed by atoms with Crippen molar-refractivity contribution < 1.29 is 0 Å². The lowest BCUT2D eigenvalue weighted by Gasteiger charge is -2.11. The number of hydrogen-bond acceptors (Lipinski definition) is 1. The van der Waals surface area contributed by atoms with E-state index in [0.29, 0.717) is 0 Å². The largest absolute Gasteiger partial charge is 0.306 e. The third-order valence-corrected chi connectivity index (χ3v) is 9.77. The lowest BCUT2D eigenvalue weighted by molar-refractivity contribution is 1.30. The molecule has 4 aromatic heterocycles. The Bertz CT molecular complexity index is 2660. The Balaban J connectivity index is 1.68. The number of nitrogens with zero attached hydrogens (tertiary/aromatic N) is 2. The molecule has 10 aromatic rings. The van der Waals surface area contributed by atoms with Gasteiger partial charge in [0.05, 0.1) is 33.1 Å². The van der Waals surface area contributed by atoms with Crippen molar-refractivity contribution in [3.8, 4) is 0 Å². The van der Waals surface area contributed by atoms with Crippen molar-refractivity contribution in [1.29, 1.82) is 0 Å². The zero-order chi connectivity index (χ0) is 25.2. The number of fused-ring (bicyclic) bond motifs is 13. The Morgan fingerprint density at radius 3 is 1.41 bits per heavy atom. The first-order chi connectivity index (χ1) is 19.4. The zero-order valence-electron chi connectivity index (χ0n) is 20.8. The van der Waals surface area contributed by atoms with Gasteiger partial charge < -0.3 is 8.80 Å². The molecule has 0 aliphatic rings. The van der Waals surface area contributed by atoms with Crippen molar-refractivity contribution >= 4 is 96.9 Å². The third-order valence-electron chi connectivity index (χ3n) is 8.64. The Labute approximate surface area is 226 Å². The predicted octanol–water partition coefficient (Wildman–Crippen LogP) is 10.3. The average Bonchev–Trinajstić information content (AvgIpc) is 3.63. The molecule has 180 valence electrons. The van der Waals surface area contributed by atoms with Crippen molar-refractivity contribution in [2.75, 3.05) is 0 Å². The van der Waals surface area contributed by atoms with Gasteiger partial charge in [0.15, 0.2) is 0 Å². The molecule has 6 aromatic carbocycles. The summed E-state index contributed by atoms with van der Waals surface area (Å²) in [5.41, 5.74) is 7.50. The minimum atomic E-state index is 1.22. The number of rotatable bonds is 0. The van der Waals surface area contributed by atoms with E-state index in [1.165, 1.54) is 85.6 Å². The summed E-state index contributed by atoms with van der Waals surface area (Å²) in [4.78, 5) is 0. The van der Waals surface area contributed by atoms with Gasteiger partial charge in [0.25, 0.3) is 0 Å². The van der Waals surface area contributed by atoms with Crippen LogP contribution in [0.15, 0.2) is 121 Å². The Morgan fingerprint density at radius 2 is 0.795 bits per heavy atom. The molecule has 4 heterocycles. The first-order valence-electron chi connectivity index (χ1n) is 13.4. The summed E-state index contributed by atoms with van der Waals surface area (Å²) in [5.74, 6) is 0. The highest BCUT2D eigenvalue weighted by Gasteiger charge is 2.19. The molecule has 0 saturated heterocycles. The molecule has 0 aliphatic carbocycles. The van der Waals surface area contributed by atoms with Crippen LogP contribution in [0.4, 0.5) is 0 Å². The maximum Gasteiger partial charge on any atom is 0.0717 e. The summed E-state index contributed by atoms with van der Waals surface area (Å²) in [5, 5.41) is 10.4. The molecule has 2 nitrogen and oxygen atoms in total. The van der Waals surface area contributed by atoms with Gasteiger partial charge in [0.2, 0.25) is 0 Å². The van der Waals surface area contributed by atoms with Crippen LogP contribution >= 0.6 is 11.3 Å². The highest BCUT2D eigenvalue weighted by atomic mass is 32.1. The Hall–Kier alpha value is -4.86. The molecule has 0 atom stereocenters. The molecule has 0 N–H and O–H groups in total. The SMILES string of the molecule is c1ccc2c(c1)sc1cc3c(cc12)n1c2ccccc2c2cccc(c4cccc5c6ccccc6n3c54)c21. The summed E-state index contributed by atoms with van der Waals surface area (Å²) in [6, 6.07) is 45.0.